The highest BCUT2D eigenvalue weighted by atomic mass is 16.6. The van der Waals surface area contributed by atoms with Crippen LogP contribution in [0, 0.1) is 10.1 Å². The molecule has 1 N–H and O–H groups in total. The van der Waals surface area contributed by atoms with E-state index in [4.69, 9.17) is 0 Å². The molecule has 1 atom stereocenters. The smallest absolute Gasteiger partial charge is 0.300 e. The van der Waals surface area contributed by atoms with Crippen LogP contribution in [0.15, 0.2) is 16.8 Å². The minimum absolute atomic E-state index is 0.0902. The summed E-state index contributed by atoms with van der Waals surface area (Å²) in [5, 5.41) is 21.7. The monoisotopic (exact) mass is 277 g/mol. The number of anilines is 1. The van der Waals surface area contributed by atoms with Gasteiger partial charge in [-0.05, 0) is 42.8 Å². The zero-order chi connectivity index (χ0) is 14.1. The number of likely N-dealkylation sites (N-methyl/N-ethyl adjacent to an activating group) is 1. The van der Waals surface area contributed by atoms with Crippen LogP contribution < -0.4 is 5.32 Å². The lowest BCUT2D eigenvalue weighted by Gasteiger charge is -2.30. The number of nitro groups is 1. The van der Waals surface area contributed by atoms with Crippen LogP contribution in [0.5, 0.6) is 0 Å². The minimum Gasteiger partial charge on any atom is -0.379 e. The third-order valence-electron chi connectivity index (χ3n) is 3.57. The normalized spacial score (nSPS) is 20.1. The second-order valence-corrected chi connectivity index (χ2v) is 5.10. The van der Waals surface area contributed by atoms with Gasteiger partial charge in [-0.3, -0.25) is 10.1 Å². The first-order chi connectivity index (χ1) is 9.65. The summed E-state index contributed by atoms with van der Waals surface area (Å²) in [6.45, 7) is 2.03. The molecule has 1 unspecified atom stereocenters. The Balaban J connectivity index is 1.90. The molecule has 1 aromatic carbocycles. The van der Waals surface area contributed by atoms with Crippen molar-refractivity contribution in [2.24, 2.45) is 0 Å². The van der Waals surface area contributed by atoms with Crippen molar-refractivity contribution in [1.29, 1.82) is 0 Å². The Hall–Kier alpha value is -2.22. The number of fused-ring (bicyclic) bond motifs is 1. The van der Waals surface area contributed by atoms with E-state index in [0.29, 0.717) is 11.6 Å². The first-order valence-corrected chi connectivity index (χ1v) is 6.50. The first-order valence-electron chi connectivity index (χ1n) is 6.50. The van der Waals surface area contributed by atoms with Gasteiger partial charge < -0.3 is 10.2 Å². The van der Waals surface area contributed by atoms with Crippen LogP contribution in [0.1, 0.15) is 12.8 Å². The SMILES string of the molecule is CN1CCCC(Nc2ccc([N+](=O)[O-])c3nonc23)C1. The zero-order valence-electron chi connectivity index (χ0n) is 11.1. The number of hydrogen-bond acceptors (Lipinski definition) is 7. The van der Waals surface area contributed by atoms with Crippen molar-refractivity contribution in [2.75, 3.05) is 25.5 Å². The minimum atomic E-state index is -0.481. The van der Waals surface area contributed by atoms with Crippen LogP contribution in [0.3, 0.4) is 0 Å². The lowest BCUT2D eigenvalue weighted by molar-refractivity contribution is -0.383. The molecule has 1 aliphatic heterocycles. The Kier molecular flexibility index (Phi) is 3.23. The second kappa shape index (κ2) is 5.04. The number of benzene rings is 1. The van der Waals surface area contributed by atoms with Crippen molar-refractivity contribution >= 4 is 22.4 Å². The fraction of sp³-hybridized carbons (Fsp3) is 0.500. The molecular weight excluding hydrogens is 262 g/mol. The van der Waals surface area contributed by atoms with E-state index >= 15 is 0 Å². The summed E-state index contributed by atoms with van der Waals surface area (Å²) in [4.78, 5) is 12.7. The predicted octanol–water partition coefficient (Wildman–Crippen LogP) is 1.64. The predicted molar refractivity (Wildman–Crippen MR) is 72.6 cm³/mol. The molecule has 106 valence electrons. The van der Waals surface area contributed by atoms with Gasteiger partial charge in [-0.1, -0.05) is 0 Å². The lowest BCUT2D eigenvalue weighted by atomic mass is 10.1. The summed E-state index contributed by atoms with van der Waals surface area (Å²) in [6.07, 6.45) is 2.19. The number of aromatic nitrogens is 2. The number of hydrogen-bond donors (Lipinski definition) is 1. The van der Waals surface area contributed by atoms with E-state index < -0.39 is 4.92 Å². The topological polar surface area (TPSA) is 97.3 Å². The maximum Gasteiger partial charge on any atom is 0.300 e. The Morgan fingerprint density at radius 2 is 2.25 bits per heavy atom. The van der Waals surface area contributed by atoms with Gasteiger partial charge in [0.2, 0.25) is 5.52 Å². The highest BCUT2D eigenvalue weighted by Gasteiger charge is 2.22. The Bertz CT molecular complexity index is 641. The number of likely N-dealkylation sites (tertiary alicyclic amines) is 1. The molecule has 8 nitrogen and oxygen atoms in total. The third-order valence-corrected chi connectivity index (χ3v) is 3.57. The van der Waals surface area contributed by atoms with Crippen molar-refractivity contribution < 1.29 is 9.55 Å². The molecule has 0 spiro atoms. The maximum absolute atomic E-state index is 10.9. The maximum atomic E-state index is 10.9. The molecule has 0 saturated carbocycles. The molecule has 1 aromatic heterocycles. The molecule has 3 rings (SSSR count). The van der Waals surface area contributed by atoms with Gasteiger partial charge in [0.15, 0.2) is 5.52 Å². The standard InChI is InChI=1S/C12H15N5O3/c1-16-6-2-3-8(7-16)13-9-4-5-10(17(18)19)12-11(9)14-20-15-12/h4-5,8,13H,2-3,6-7H2,1H3. The van der Waals surface area contributed by atoms with E-state index in [-0.39, 0.29) is 11.2 Å². The van der Waals surface area contributed by atoms with Crippen molar-refractivity contribution in [2.45, 2.75) is 18.9 Å². The van der Waals surface area contributed by atoms with Crippen molar-refractivity contribution in [3.63, 3.8) is 0 Å². The second-order valence-electron chi connectivity index (χ2n) is 5.10. The van der Waals surface area contributed by atoms with Gasteiger partial charge in [-0.25, -0.2) is 4.63 Å². The first kappa shape index (κ1) is 12.8. The number of nitro benzene ring substituents is 1. The number of nitrogens with zero attached hydrogens (tertiary/aromatic N) is 4. The molecule has 0 radical (unpaired) electrons. The fourth-order valence-electron chi connectivity index (χ4n) is 2.62. The van der Waals surface area contributed by atoms with Crippen LogP contribution >= 0.6 is 0 Å². The van der Waals surface area contributed by atoms with Gasteiger partial charge in [0.25, 0.3) is 0 Å². The van der Waals surface area contributed by atoms with Crippen LogP contribution in [0.4, 0.5) is 11.4 Å². The van der Waals surface area contributed by atoms with Gasteiger partial charge in [0.05, 0.1) is 10.6 Å². The summed E-state index contributed by atoms with van der Waals surface area (Å²) in [6, 6.07) is 3.40. The molecule has 2 aromatic rings. The molecule has 0 aliphatic carbocycles. The Labute approximate surface area is 114 Å². The molecule has 0 amide bonds. The van der Waals surface area contributed by atoms with Gasteiger partial charge in [0.1, 0.15) is 0 Å². The average molecular weight is 277 g/mol. The summed E-state index contributed by atoms with van der Waals surface area (Å²) in [7, 11) is 2.08. The van der Waals surface area contributed by atoms with Crippen LogP contribution in [0.25, 0.3) is 11.0 Å². The van der Waals surface area contributed by atoms with Crippen LogP contribution in [-0.4, -0.2) is 46.3 Å². The van der Waals surface area contributed by atoms with Gasteiger partial charge >= 0.3 is 5.69 Å². The third kappa shape index (κ3) is 2.29. The Morgan fingerprint density at radius 1 is 1.45 bits per heavy atom. The van der Waals surface area contributed by atoms with Crippen molar-refractivity contribution in [1.82, 2.24) is 15.2 Å². The zero-order valence-corrected chi connectivity index (χ0v) is 11.1. The van der Waals surface area contributed by atoms with Crippen LogP contribution in [0.2, 0.25) is 0 Å². The van der Waals surface area contributed by atoms with Gasteiger partial charge in [-0.15, -0.1) is 0 Å². The summed E-state index contributed by atoms with van der Waals surface area (Å²) in [5.74, 6) is 0. The Morgan fingerprint density at radius 3 is 3.00 bits per heavy atom. The molecule has 8 heteroatoms. The van der Waals surface area contributed by atoms with E-state index in [1.165, 1.54) is 6.07 Å². The molecule has 1 aliphatic rings. The van der Waals surface area contributed by atoms with Gasteiger partial charge in [-0.2, -0.15) is 0 Å². The van der Waals surface area contributed by atoms with Gasteiger partial charge in [0, 0.05) is 18.7 Å². The molecule has 0 bridgehead atoms. The lowest BCUT2D eigenvalue weighted by Crippen LogP contribution is -2.39. The van der Waals surface area contributed by atoms with E-state index in [1.807, 2.05) is 0 Å². The molecule has 20 heavy (non-hydrogen) atoms. The molecular formula is C12H15N5O3. The summed E-state index contributed by atoms with van der Waals surface area (Å²) >= 11 is 0. The highest BCUT2D eigenvalue weighted by Crippen LogP contribution is 2.29. The largest absolute Gasteiger partial charge is 0.379 e. The molecule has 2 heterocycles. The van der Waals surface area contributed by atoms with Crippen molar-refractivity contribution in [3.8, 4) is 0 Å². The van der Waals surface area contributed by atoms with E-state index in [2.05, 4.69) is 32.2 Å². The molecule has 1 fully saturated rings. The highest BCUT2D eigenvalue weighted by molar-refractivity contribution is 5.93. The summed E-state index contributed by atoms with van der Waals surface area (Å²) < 4.78 is 4.65. The van der Waals surface area contributed by atoms with E-state index in [1.54, 1.807) is 6.07 Å². The number of rotatable bonds is 3. The van der Waals surface area contributed by atoms with Crippen LogP contribution in [-0.2, 0) is 0 Å². The van der Waals surface area contributed by atoms with E-state index in [9.17, 15) is 10.1 Å². The fourth-order valence-corrected chi connectivity index (χ4v) is 2.62. The van der Waals surface area contributed by atoms with E-state index in [0.717, 1.165) is 31.6 Å². The summed E-state index contributed by atoms with van der Waals surface area (Å²) in [5.41, 5.74) is 1.23. The quantitative estimate of drug-likeness (QED) is 0.672. The number of nitrogens with one attached hydrogen (secondary N) is 1. The van der Waals surface area contributed by atoms with Crippen molar-refractivity contribution in [3.05, 3.63) is 22.2 Å². The number of non-ortho nitro benzene ring substituents is 1. The molecule has 1 saturated heterocycles. The number of piperidine rings is 1. The average Bonchev–Trinajstić information content (AvgIpc) is 2.88.